The van der Waals surface area contributed by atoms with Gasteiger partial charge in [-0.25, -0.2) is 0 Å². The third-order valence-corrected chi connectivity index (χ3v) is 2.92. The summed E-state index contributed by atoms with van der Waals surface area (Å²) in [5, 5.41) is 4.37. The number of rotatable bonds is 1. The van der Waals surface area contributed by atoms with Crippen LogP contribution < -0.4 is 15.2 Å². The van der Waals surface area contributed by atoms with Crippen molar-refractivity contribution in [2.75, 3.05) is 12.5 Å². The average molecular weight is 231 g/mol. The fraction of sp³-hybridized carbons (Fsp3) is 0.250. The molecule has 0 aliphatic carbocycles. The maximum atomic E-state index is 5.80. The van der Waals surface area contributed by atoms with Crippen molar-refractivity contribution >= 4 is 5.82 Å². The molecular weight excluding hydrogens is 218 g/mol. The summed E-state index contributed by atoms with van der Waals surface area (Å²) in [4.78, 5) is 0. The minimum atomic E-state index is 0.258. The van der Waals surface area contributed by atoms with Crippen LogP contribution in [-0.4, -0.2) is 16.6 Å². The van der Waals surface area contributed by atoms with Crippen LogP contribution in [0.4, 0.5) is 5.82 Å². The summed E-state index contributed by atoms with van der Waals surface area (Å²) >= 11 is 0. The Morgan fingerprint density at radius 3 is 2.88 bits per heavy atom. The first-order chi connectivity index (χ1) is 8.16. The van der Waals surface area contributed by atoms with Gasteiger partial charge in [-0.1, -0.05) is 6.07 Å². The van der Waals surface area contributed by atoms with Crippen molar-refractivity contribution in [3.05, 3.63) is 23.8 Å². The largest absolute Gasteiger partial charge is 0.454 e. The highest BCUT2D eigenvalue weighted by Crippen LogP contribution is 2.43. The zero-order valence-corrected chi connectivity index (χ0v) is 9.73. The highest BCUT2D eigenvalue weighted by atomic mass is 16.7. The summed E-state index contributed by atoms with van der Waals surface area (Å²) in [6, 6.07) is 5.74. The highest BCUT2D eigenvalue weighted by molar-refractivity contribution is 5.76. The summed E-state index contributed by atoms with van der Waals surface area (Å²) in [6.07, 6.45) is 0. The Morgan fingerprint density at radius 2 is 2.18 bits per heavy atom. The lowest BCUT2D eigenvalue weighted by Crippen LogP contribution is -1.97. The molecule has 0 radical (unpaired) electrons. The zero-order valence-electron chi connectivity index (χ0n) is 9.73. The quantitative estimate of drug-likeness (QED) is 0.811. The number of aryl methyl sites for hydroxylation is 2. The molecule has 5 nitrogen and oxygen atoms in total. The molecule has 5 heteroatoms. The van der Waals surface area contributed by atoms with Crippen molar-refractivity contribution in [2.45, 2.75) is 6.92 Å². The van der Waals surface area contributed by atoms with Gasteiger partial charge >= 0.3 is 0 Å². The standard InChI is InChI=1S/C12H13N3O2/c1-7-3-4-9-12(17-6-16-9)11(7)8-5-10(13)15(2)14-8/h3-5H,6,13H2,1-2H3. The normalized spacial score (nSPS) is 13.1. The van der Waals surface area contributed by atoms with Crippen molar-refractivity contribution in [1.29, 1.82) is 0 Å². The molecule has 0 fully saturated rings. The van der Waals surface area contributed by atoms with Gasteiger partial charge in [0.05, 0.1) is 11.3 Å². The van der Waals surface area contributed by atoms with Gasteiger partial charge in [-0.2, -0.15) is 5.10 Å². The van der Waals surface area contributed by atoms with Gasteiger partial charge in [-0.05, 0) is 18.6 Å². The first-order valence-electron chi connectivity index (χ1n) is 5.36. The number of hydrogen-bond donors (Lipinski definition) is 1. The number of benzene rings is 1. The van der Waals surface area contributed by atoms with Crippen molar-refractivity contribution in [3.63, 3.8) is 0 Å². The molecule has 17 heavy (non-hydrogen) atoms. The van der Waals surface area contributed by atoms with Crippen molar-refractivity contribution in [2.24, 2.45) is 7.05 Å². The molecule has 0 bridgehead atoms. The van der Waals surface area contributed by atoms with E-state index in [1.165, 1.54) is 0 Å². The number of nitrogens with two attached hydrogens (primary N) is 1. The van der Waals surface area contributed by atoms with Crippen LogP contribution >= 0.6 is 0 Å². The number of fused-ring (bicyclic) bond motifs is 1. The van der Waals surface area contributed by atoms with E-state index in [9.17, 15) is 0 Å². The van der Waals surface area contributed by atoms with Crippen LogP contribution in [0.3, 0.4) is 0 Å². The van der Waals surface area contributed by atoms with Gasteiger partial charge in [0.15, 0.2) is 11.5 Å². The van der Waals surface area contributed by atoms with E-state index in [1.807, 2.05) is 32.2 Å². The van der Waals surface area contributed by atoms with E-state index in [-0.39, 0.29) is 6.79 Å². The van der Waals surface area contributed by atoms with E-state index in [4.69, 9.17) is 15.2 Å². The minimum absolute atomic E-state index is 0.258. The minimum Gasteiger partial charge on any atom is -0.454 e. The van der Waals surface area contributed by atoms with Gasteiger partial charge in [0.25, 0.3) is 0 Å². The number of nitrogens with zero attached hydrogens (tertiary/aromatic N) is 2. The Labute approximate surface area is 98.8 Å². The van der Waals surface area contributed by atoms with E-state index in [0.717, 1.165) is 28.3 Å². The molecule has 1 aromatic carbocycles. The van der Waals surface area contributed by atoms with Gasteiger partial charge in [-0.15, -0.1) is 0 Å². The summed E-state index contributed by atoms with van der Waals surface area (Å²) in [7, 11) is 1.81. The molecule has 1 aliphatic rings. The molecule has 0 atom stereocenters. The SMILES string of the molecule is Cc1ccc2c(c1-c1cc(N)n(C)n1)OCO2. The summed E-state index contributed by atoms with van der Waals surface area (Å²) in [5.74, 6) is 2.13. The van der Waals surface area contributed by atoms with Gasteiger partial charge in [0, 0.05) is 13.1 Å². The van der Waals surface area contributed by atoms with Crippen LogP contribution in [0, 0.1) is 6.92 Å². The maximum absolute atomic E-state index is 5.80. The highest BCUT2D eigenvalue weighted by Gasteiger charge is 2.22. The zero-order chi connectivity index (χ0) is 12.0. The lowest BCUT2D eigenvalue weighted by Gasteiger charge is -2.06. The molecular formula is C12H13N3O2. The molecule has 0 spiro atoms. The number of ether oxygens (including phenoxy) is 2. The summed E-state index contributed by atoms with van der Waals surface area (Å²) in [6.45, 7) is 2.27. The van der Waals surface area contributed by atoms with Crippen molar-refractivity contribution < 1.29 is 9.47 Å². The van der Waals surface area contributed by atoms with Crippen LogP contribution in [0.5, 0.6) is 11.5 Å². The second kappa shape index (κ2) is 3.41. The molecule has 0 saturated carbocycles. The van der Waals surface area contributed by atoms with E-state index < -0.39 is 0 Å². The van der Waals surface area contributed by atoms with Crippen molar-refractivity contribution in [1.82, 2.24) is 9.78 Å². The van der Waals surface area contributed by atoms with Gasteiger partial charge < -0.3 is 15.2 Å². The van der Waals surface area contributed by atoms with Gasteiger partial charge in [0.2, 0.25) is 6.79 Å². The molecule has 88 valence electrons. The Kier molecular flexibility index (Phi) is 2.01. The fourth-order valence-corrected chi connectivity index (χ4v) is 1.99. The Morgan fingerprint density at radius 1 is 1.35 bits per heavy atom. The van der Waals surface area contributed by atoms with Gasteiger partial charge in [0.1, 0.15) is 5.82 Å². The summed E-state index contributed by atoms with van der Waals surface area (Å²) < 4.78 is 12.5. The lowest BCUT2D eigenvalue weighted by atomic mass is 10.0. The number of anilines is 1. The molecule has 2 N–H and O–H groups in total. The molecule has 2 heterocycles. The smallest absolute Gasteiger partial charge is 0.231 e. The second-order valence-electron chi connectivity index (χ2n) is 4.07. The maximum Gasteiger partial charge on any atom is 0.231 e. The monoisotopic (exact) mass is 231 g/mol. The Hall–Kier alpha value is -2.17. The van der Waals surface area contributed by atoms with E-state index in [1.54, 1.807) is 4.68 Å². The number of nitrogen functional groups attached to an aromatic ring is 1. The van der Waals surface area contributed by atoms with E-state index in [0.29, 0.717) is 5.82 Å². The molecule has 3 rings (SSSR count). The van der Waals surface area contributed by atoms with Crippen LogP contribution in [0.2, 0.25) is 0 Å². The molecule has 1 aromatic heterocycles. The van der Waals surface area contributed by atoms with Gasteiger partial charge in [-0.3, -0.25) is 4.68 Å². The molecule has 1 aliphatic heterocycles. The second-order valence-corrected chi connectivity index (χ2v) is 4.07. The van der Waals surface area contributed by atoms with E-state index in [2.05, 4.69) is 5.10 Å². The molecule has 0 amide bonds. The Balaban J connectivity index is 2.23. The third-order valence-electron chi connectivity index (χ3n) is 2.92. The van der Waals surface area contributed by atoms with Crippen molar-refractivity contribution in [3.8, 4) is 22.8 Å². The lowest BCUT2D eigenvalue weighted by molar-refractivity contribution is 0.174. The summed E-state index contributed by atoms with van der Waals surface area (Å²) in [5.41, 5.74) is 8.65. The predicted molar refractivity (Wildman–Crippen MR) is 63.9 cm³/mol. The topological polar surface area (TPSA) is 62.3 Å². The fourth-order valence-electron chi connectivity index (χ4n) is 1.99. The number of hydrogen-bond acceptors (Lipinski definition) is 4. The van der Waals surface area contributed by atoms with Crippen LogP contribution in [-0.2, 0) is 7.05 Å². The van der Waals surface area contributed by atoms with Crippen LogP contribution in [0.25, 0.3) is 11.3 Å². The number of aromatic nitrogens is 2. The first-order valence-corrected chi connectivity index (χ1v) is 5.36. The van der Waals surface area contributed by atoms with Crippen LogP contribution in [0.15, 0.2) is 18.2 Å². The third kappa shape index (κ3) is 1.43. The first kappa shape index (κ1) is 10.0. The molecule has 2 aromatic rings. The average Bonchev–Trinajstić information content (AvgIpc) is 2.86. The molecule has 0 unspecified atom stereocenters. The van der Waals surface area contributed by atoms with E-state index >= 15 is 0 Å². The molecule has 0 saturated heterocycles. The van der Waals surface area contributed by atoms with Crippen LogP contribution in [0.1, 0.15) is 5.56 Å². The predicted octanol–water partition coefficient (Wildman–Crippen LogP) is 1.71. The Bertz CT molecular complexity index is 570.